The molecule has 1 N–H and O–H groups in total. The van der Waals surface area contributed by atoms with Gasteiger partial charge in [0.2, 0.25) is 0 Å². The first-order valence-electron chi connectivity index (χ1n) is 5.79. The molecule has 1 rings (SSSR count). The van der Waals surface area contributed by atoms with Crippen molar-refractivity contribution >= 4 is 6.21 Å². The first-order valence-corrected chi connectivity index (χ1v) is 5.79. The van der Waals surface area contributed by atoms with Gasteiger partial charge in [0.05, 0.1) is 6.10 Å². The molecule has 2 heteroatoms. The van der Waals surface area contributed by atoms with Crippen LogP contribution in [0.15, 0.2) is 18.2 Å². The zero-order chi connectivity index (χ0) is 12.1. The summed E-state index contributed by atoms with van der Waals surface area (Å²) in [6.07, 6.45) is 2.64. The second kappa shape index (κ2) is 5.69. The predicted octanol–water partition coefficient (Wildman–Crippen LogP) is 3.61. The van der Waals surface area contributed by atoms with E-state index >= 15 is 0 Å². The molecule has 0 radical (unpaired) electrons. The second-order valence-corrected chi connectivity index (χ2v) is 4.60. The highest BCUT2D eigenvalue weighted by molar-refractivity contribution is 5.57. The Balaban J connectivity index is 2.78. The quantitative estimate of drug-likeness (QED) is 0.754. The van der Waals surface area contributed by atoms with Crippen LogP contribution in [0.5, 0.6) is 5.75 Å². The van der Waals surface area contributed by atoms with Crippen LogP contribution in [-0.4, -0.2) is 12.3 Å². The fourth-order valence-electron chi connectivity index (χ4n) is 1.65. The molecule has 0 fully saturated rings. The average Bonchev–Trinajstić information content (AvgIpc) is 2.21. The Morgan fingerprint density at radius 1 is 1.31 bits per heavy atom. The molecular weight excluding hydrogens is 198 g/mol. The van der Waals surface area contributed by atoms with Crippen molar-refractivity contribution in [2.24, 2.45) is 5.92 Å². The molecule has 1 aromatic rings. The summed E-state index contributed by atoms with van der Waals surface area (Å²) in [5, 5.41) is 7.21. The minimum absolute atomic E-state index is 0.214. The highest BCUT2D eigenvalue weighted by Crippen LogP contribution is 2.20. The van der Waals surface area contributed by atoms with Crippen molar-refractivity contribution in [2.75, 3.05) is 0 Å². The van der Waals surface area contributed by atoms with E-state index in [0.29, 0.717) is 5.92 Å². The molecule has 2 nitrogen and oxygen atoms in total. The van der Waals surface area contributed by atoms with Gasteiger partial charge in [-0.2, -0.15) is 0 Å². The number of benzene rings is 1. The summed E-state index contributed by atoms with van der Waals surface area (Å²) in [5.74, 6) is 1.23. The van der Waals surface area contributed by atoms with Gasteiger partial charge in [-0.1, -0.05) is 13.0 Å². The highest BCUT2D eigenvalue weighted by atomic mass is 16.5. The van der Waals surface area contributed by atoms with Crippen molar-refractivity contribution in [1.82, 2.24) is 0 Å². The van der Waals surface area contributed by atoms with Crippen molar-refractivity contribution in [1.29, 1.82) is 5.41 Å². The van der Waals surface area contributed by atoms with Crippen LogP contribution < -0.4 is 4.74 Å². The molecule has 0 spiro atoms. The molecule has 0 saturated heterocycles. The van der Waals surface area contributed by atoms with Gasteiger partial charge in [-0.15, -0.1) is 0 Å². The average molecular weight is 219 g/mol. The van der Waals surface area contributed by atoms with Gasteiger partial charge >= 0.3 is 0 Å². The highest BCUT2D eigenvalue weighted by Gasteiger charge is 2.05. The summed E-state index contributed by atoms with van der Waals surface area (Å²) >= 11 is 0. The van der Waals surface area contributed by atoms with E-state index < -0.39 is 0 Å². The number of hydrogen-bond donors (Lipinski definition) is 1. The fourth-order valence-corrected chi connectivity index (χ4v) is 1.65. The second-order valence-electron chi connectivity index (χ2n) is 4.60. The van der Waals surface area contributed by atoms with E-state index in [-0.39, 0.29) is 6.10 Å². The van der Waals surface area contributed by atoms with E-state index in [9.17, 15) is 0 Å². The van der Waals surface area contributed by atoms with Gasteiger partial charge in [0.15, 0.2) is 0 Å². The van der Waals surface area contributed by atoms with Gasteiger partial charge in [-0.3, -0.25) is 0 Å². The van der Waals surface area contributed by atoms with Gasteiger partial charge in [-0.25, -0.2) is 0 Å². The van der Waals surface area contributed by atoms with Gasteiger partial charge < -0.3 is 10.1 Å². The van der Waals surface area contributed by atoms with Crippen LogP contribution in [0.2, 0.25) is 0 Å². The number of hydrogen-bond acceptors (Lipinski definition) is 2. The van der Waals surface area contributed by atoms with Crippen LogP contribution in [0, 0.1) is 18.3 Å². The van der Waals surface area contributed by atoms with Crippen LogP contribution in [0.25, 0.3) is 0 Å². The Morgan fingerprint density at radius 3 is 2.50 bits per heavy atom. The van der Waals surface area contributed by atoms with Gasteiger partial charge in [0.25, 0.3) is 0 Å². The maximum Gasteiger partial charge on any atom is 0.119 e. The molecule has 0 aliphatic rings. The molecular formula is C14H21NO. The molecule has 0 aromatic heterocycles. The summed E-state index contributed by atoms with van der Waals surface area (Å²) in [6.45, 7) is 8.21. The maximum absolute atomic E-state index is 7.21. The Kier molecular flexibility index (Phi) is 4.53. The first-order chi connectivity index (χ1) is 7.52. The standard InChI is InChI=1S/C14H21NO/c1-10(2)16-14-6-5-13(12(4)8-14)7-11(3)9-15/h5-6,8-11,15H,7H2,1-4H3. The van der Waals surface area contributed by atoms with Crippen molar-refractivity contribution in [3.05, 3.63) is 29.3 Å². The Bertz CT molecular complexity index is 358. The van der Waals surface area contributed by atoms with E-state index in [2.05, 4.69) is 26.0 Å². The molecule has 0 aliphatic heterocycles. The lowest BCUT2D eigenvalue weighted by Gasteiger charge is -2.13. The lowest BCUT2D eigenvalue weighted by atomic mass is 9.98. The van der Waals surface area contributed by atoms with E-state index in [1.807, 2.05) is 19.9 Å². The molecule has 0 saturated carbocycles. The number of rotatable bonds is 5. The summed E-state index contributed by atoms with van der Waals surface area (Å²) in [7, 11) is 0. The number of nitrogens with one attached hydrogen (secondary N) is 1. The van der Waals surface area contributed by atoms with Crippen LogP contribution in [-0.2, 0) is 6.42 Å². The molecule has 1 unspecified atom stereocenters. The first kappa shape index (κ1) is 12.8. The van der Waals surface area contributed by atoms with E-state index in [0.717, 1.165) is 12.2 Å². The van der Waals surface area contributed by atoms with Crippen LogP contribution in [0.3, 0.4) is 0 Å². The summed E-state index contributed by atoms with van der Waals surface area (Å²) in [5.41, 5.74) is 2.54. The van der Waals surface area contributed by atoms with E-state index in [1.165, 1.54) is 17.3 Å². The van der Waals surface area contributed by atoms with Crippen molar-refractivity contribution in [3.63, 3.8) is 0 Å². The van der Waals surface area contributed by atoms with Crippen LogP contribution in [0.4, 0.5) is 0 Å². The normalized spacial score (nSPS) is 12.6. The summed E-state index contributed by atoms with van der Waals surface area (Å²) < 4.78 is 5.64. The molecule has 0 amide bonds. The lowest BCUT2D eigenvalue weighted by Crippen LogP contribution is -2.06. The predicted molar refractivity (Wildman–Crippen MR) is 68.6 cm³/mol. The molecule has 1 atom stereocenters. The van der Waals surface area contributed by atoms with Gasteiger partial charge in [0.1, 0.15) is 5.75 Å². The lowest BCUT2D eigenvalue weighted by molar-refractivity contribution is 0.242. The number of ether oxygens (including phenoxy) is 1. The van der Waals surface area contributed by atoms with Crippen LogP contribution in [0.1, 0.15) is 31.9 Å². The zero-order valence-electron chi connectivity index (χ0n) is 10.6. The largest absolute Gasteiger partial charge is 0.491 e. The van der Waals surface area contributed by atoms with Crippen LogP contribution >= 0.6 is 0 Å². The van der Waals surface area contributed by atoms with E-state index in [4.69, 9.17) is 10.1 Å². The summed E-state index contributed by atoms with van der Waals surface area (Å²) in [6, 6.07) is 6.19. The minimum atomic E-state index is 0.214. The molecule has 0 heterocycles. The topological polar surface area (TPSA) is 33.1 Å². The fraction of sp³-hybridized carbons (Fsp3) is 0.500. The Morgan fingerprint density at radius 2 is 2.00 bits per heavy atom. The third kappa shape index (κ3) is 3.69. The smallest absolute Gasteiger partial charge is 0.119 e. The molecule has 0 aliphatic carbocycles. The monoisotopic (exact) mass is 219 g/mol. The van der Waals surface area contributed by atoms with Gasteiger partial charge in [0, 0.05) is 0 Å². The molecule has 0 bridgehead atoms. The summed E-state index contributed by atoms with van der Waals surface area (Å²) in [4.78, 5) is 0. The SMILES string of the molecule is Cc1cc(OC(C)C)ccc1CC(C)C=N. The maximum atomic E-state index is 7.21. The molecule has 1 aromatic carbocycles. The van der Waals surface area contributed by atoms with E-state index in [1.54, 1.807) is 0 Å². The Hall–Kier alpha value is -1.31. The third-order valence-electron chi connectivity index (χ3n) is 2.51. The minimum Gasteiger partial charge on any atom is -0.491 e. The van der Waals surface area contributed by atoms with Crippen molar-refractivity contribution < 1.29 is 4.74 Å². The Labute approximate surface area is 98.1 Å². The zero-order valence-corrected chi connectivity index (χ0v) is 10.6. The molecule has 88 valence electrons. The molecule has 16 heavy (non-hydrogen) atoms. The van der Waals surface area contributed by atoms with Crippen molar-refractivity contribution in [2.45, 2.75) is 40.2 Å². The van der Waals surface area contributed by atoms with Crippen molar-refractivity contribution in [3.8, 4) is 5.75 Å². The number of aryl methyl sites for hydroxylation is 1. The third-order valence-corrected chi connectivity index (χ3v) is 2.51. The van der Waals surface area contributed by atoms with Gasteiger partial charge in [-0.05, 0) is 62.6 Å².